The number of nitrogens with zero attached hydrogens (tertiary/aromatic N) is 1. The molecule has 0 aliphatic rings. The predicted octanol–water partition coefficient (Wildman–Crippen LogP) is 1.55. The largest absolute Gasteiger partial charge is 0.387 e. The Balaban J connectivity index is 2.63. The van der Waals surface area contributed by atoms with Gasteiger partial charge in [-0.2, -0.15) is 17.4 Å². The highest BCUT2D eigenvalue weighted by molar-refractivity contribution is 7.87. The Kier molecular flexibility index (Phi) is 6.22. The summed E-state index contributed by atoms with van der Waals surface area (Å²) in [6.45, 7) is 4.24. The summed E-state index contributed by atoms with van der Waals surface area (Å²) in [6, 6.07) is 6.63. The van der Waals surface area contributed by atoms with Crippen LogP contribution in [0.3, 0.4) is 0 Å². The maximum Gasteiger partial charge on any atom is 0.279 e. The fourth-order valence-electron chi connectivity index (χ4n) is 1.64. The van der Waals surface area contributed by atoms with E-state index in [1.807, 2.05) is 0 Å². The van der Waals surface area contributed by atoms with Crippen molar-refractivity contribution in [2.24, 2.45) is 0 Å². The molecule has 0 saturated carbocycles. The second kappa shape index (κ2) is 7.21. The average Bonchev–Trinajstić information content (AvgIpc) is 2.38. The minimum atomic E-state index is -3.54. The molecule has 0 bridgehead atoms. The Hall–Kier alpha value is -0.660. The molecule has 0 spiro atoms. The number of aliphatic hydroxyl groups excluding tert-OH is 1. The van der Waals surface area contributed by atoms with Crippen LogP contribution in [-0.4, -0.2) is 37.5 Å². The summed E-state index contributed by atoms with van der Waals surface area (Å²) in [4.78, 5) is 0. The van der Waals surface area contributed by atoms with Crippen LogP contribution in [0.25, 0.3) is 0 Å². The summed E-state index contributed by atoms with van der Waals surface area (Å²) in [5.41, 5.74) is 0.617. The van der Waals surface area contributed by atoms with Crippen LogP contribution in [0.15, 0.2) is 24.3 Å². The van der Waals surface area contributed by atoms with Crippen molar-refractivity contribution < 1.29 is 13.5 Å². The maximum absolute atomic E-state index is 11.9. The van der Waals surface area contributed by atoms with Crippen molar-refractivity contribution in [3.63, 3.8) is 0 Å². The van der Waals surface area contributed by atoms with E-state index in [9.17, 15) is 13.5 Å². The van der Waals surface area contributed by atoms with E-state index in [4.69, 9.17) is 11.6 Å². The summed E-state index contributed by atoms with van der Waals surface area (Å²) < 4.78 is 27.4. The second-order valence-electron chi connectivity index (χ2n) is 4.01. The number of halogens is 1. The molecule has 0 aliphatic heterocycles. The van der Waals surface area contributed by atoms with Crippen LogP contribution < -0.4 is 4.72 Å². The fraction of sp³-hybridized carbons (Fsp3) is 0.500. The average molecular weight is 307 g/mol. The minimum absolute atomic E-state index is 0.0690. The molecule has 0 radical (unpaired) electrons. The predicted molar refractivity (Wildman–Crippen MR) is 76.3 cm³/mol. The Morgan fingerprint density at radius 1 is 1.26 bits per heavy atom. The van der Waals surface area contributed by atoms with Crippen molar-refractivity contribution >= 4 is 21.8 Å². The Morgan fingerprint density at radius 2 is 1.79 bits per heavy atom. The molecule has 2 N–H and O–H groups in total. The van der Waals surface area contributed by atoms with Crippen molar-refractivity contribution in [2.45, 2.75) is 20.0 Å². The molecule has 1 aromatic rings. The van der Waals surface area contributed by atoms with E-state index in [2.05, 4.69) is 4.72 Å². The van der Waals surface area contributed by atoms with E-state index >= 15 is 0 Å². The second-order valence-corrected chi connectivity index (χ2v) is 6.20. The third-order valence-electron chi connectivity index (χ3n) is 2.76. The molecular formula is C12H19ClN2O3S. The standard InChI is InChI=1S/C12H19ClN2O3S/c1-3-15(4-2)19(17,18)14-9-12(16)10-5-7-11(13)8-6-10/h5-8,12,14,16H,3-4,9H2,1-2H3. The molecule has 1 atom stereocenters. The zero-order chi connectivity index (χ0) is 14.5. The molecule has 0 aromatic heterocycles. The lowest BCUT2D eigenvalue weighted by atomic mass is 10.1. The Morgan fingerprint density at radius 3 is 2.26 bits per heavy atom. The van der Waals surface area contributed by atoms with Crippen molar-refractivity contribution in [1.29, 1.82) is 0 Å². The third-order valence-corrected chi connectivity index (χ3v) is 4.74. The van der Waals surface area contributed by atoms with Gasteiger partial charge in [0.15, 0.2) is 0 Å². The Labute approximate surface area is 119 Å². The van der Waals surface area contributed by atoms with Gasteiger partial charge in [0.1, 0.15) is 0 Å². The fourth-order valence-corrected chi connectivity index (χ4v) is 3.00. The van der Waals surface area contributed by atoms with Crippen LogP contribution >= 0.6 is 11.6 Å². The molecule has 0 aliphatic carbocycles. The van der Waals surface area contributed by atoms with Crippen molar-refractivity contribution in [3.05, 3.63) is 34.9 Å². The molecule has 1 unspecified atom stereocenters. The van der Waals surface area contributed by atoms with Crippen LogP contribution in [0.2, 0.25) is 5.02 Å². The van der Waals surface area contributed by atoms with Gasteiger partial charge in [-0.05, 0) is 17.7 Å². The number of aliphatic hydroxyl groups is 1. The first-order valence-electron chi connectivity index (χ1n) is 6.09. The highest BCUT2D eigenvalue weighted by Gasteiger charge is 2.19. The molecule has 0 fully saturated rings. The Bertz CT molecular complexity index is 486. The molecule has 1 rings (SSSR count). The number of nitrogens with one attached hydrogen (secondary N) is 1. The van der Waals surface area contributed by atoms with Gasteiger partial charge < -0.3 is 5.11 Å². The zero-order valence-electron chi connectivity index (χ0n) is 11.0. The molecule has 19 heavy (non-hydrogen) atoms. The monoisotopic (exact) mass is 306 g/mol. The van der Waals surface area contributed by atoms with Gasteiger partial charge in [-0.25, -0.2) is 0 Å². The van der Waals surface area contributed by atoms with Gasteiger partial charge in [-0.3, -0.25) is 0 Å². The highest BCUT2D eigenvalue weighted by Crippen LogP contribution is 2.16. The topological polar surface area (TPSA) is 69.6 Å². The first-order valence-corrected chi connectivity index (χ1v) is 7.90. The summed E-state index contributed by atoms with van der Waals surface area (Å²) in [5.74, 6) is 0. The zero-order valence-corrected chi connectivity index (χ0v) is 12.6. The van der Waals surface area contributed by atoms with Gasteiger partial charge in [0.2, 0.25) is 0 Å². The van der Waals surface area contributed by atoms with Crippen LogP contribution in [0, 0.1) is 0 Å². The van der Waals surface area contributed by atoms with E-state index in [0.717, 1.165) is 0 Å². The van der Waals surface area contributed by atoms with Crippen molar-refractivity contribution in [3.8, 4) is 0 Å². The molecule has 0 saturated heterocycles. The van der Waals surface area contributed by atoms with Crippen LogP contribution in [0.4, 0.5) is 0 Å². The molecule has 108 valence electrons. The molecule has 1 aromatic carbocycles. The number of hydrogen-bond acceptors (Lipinski definition) is 3. The molecule has 5 nitrogen and oxygen atoms in total. The number of hydrogen-bond donors (Lipinski definition) is 2. The first-order chi connectivity index (χ1) is 8.90. The van der Waals surface area contributed by atoms with E-state index in [-0.39, 0.29) is 6.54 Å². The van der Waals surface area contributed by atoms with Crippen molar-refractivity contribution in [1.82, 2.24) is 9.03 Å². The third kappa shape index (κ3) is 4.74. The first kappa shape index (κ1) is 16.4. The number of benzene rings is 1. The molecule has 0 heterocycles. The van der Waals surface area contributed by atoms with E-state index in [1.165, 1.54) is 4.31 Å². The van der Waals surface area contributed by atoms with Gasteiger partial charge in [0.05, 0.1) is 6.10 Å². The lowest BCUT2D eigenvalue weighted by molar-refractivity contribution is 0.181. The van der Waals surface area contributed by atoms with Crippen LogP contribution in [-0.2, 0) is 10.2 Å². The lowest BCUT2D eigenvalue weighted by Gasteiger charge is -2.20. The van der Waals surface area contributed by atoms with Gasteiger partial charge >= 0.3 is 0 Å². The maximum atomic E-state index is 11.9. The van der Waals surface area contributed by atoms with Crippen LogP contribution in [0.5, 0.6) is 0 Å². The molecule has 7 heteroatoms. The summed E-state index contributed by atoms with van der Waals surface area (Å²) in [7, 11) is -3.54. The minimum Gasteiger partial charge on any atom is -0.387 e. The van der Waals surface area contributed by atoms with Gasteiger partial charge in [0, 0.05) is 24.7 Å². The molecule has 0 amide bonds. The van der Waals surface area contributed by atoms with E-state index < -0.39 is 16.3 Å². The van der Waals surface area contributed by atoms with Crippen LogP contribution in [0.1, 0.15) is 25.5 Å². The smallest absolute Gasteiger partial charge is 0.279 e. The van der Waals surface area contributed by atoms with Gasteiger partial charge in [0.25, 0.3) is 10.2 Å². The molecular weight excluding hydrogens is 288 g/mol. The highest BCUT2D eigenvalue weighted by atomic mass is 35.5. The summed E-state index contributed by atoms with van der Waals surface area (Å²) >= 11 is 5.75. The lowest BCUT2D eigenvalue weighted by Crippen LogP contribution is -2.42. The number of rotatable bonds is 7. The quantitative estimate of drug-likeness (QED) is 0.803. The SMILES string of the molecule is CCN(CC)S(=O)(=O)NCC(O)c1ccc(Cl)cc1. The van der Waals surface area contributed by atoms with E-state index in [0.29, 0.717) is 23.7 Å². The van der Waals surface area contributed by atoms with Crippen molar-refractivity contribution in [2.75, 3.05) is 19.6 Å². The summed E-state index contributed by atoms with van der Waals surface area (Å²) in [5, 5.41) is 10.5. The summed E-state index contributed by atoms with van der Waals surface area (Å²) in [6.07, 6.45) is -0.900. The van der Waals surface area contributed by atoms with E-state index in [1.54, 1.807) is 38.1 Å². The van der Waals surface area contributed by atoms with Gasteiger partial charge in [-0.15, -0.1) is 0 Å². The normalized spacial score (nSPS) is 13.7. The van der Waals surface area contributed by atoms with Gasteiger partial charge in [-0.1, -0.05) is 37.6 Å².